The molecule has 1 heterocycles. The van der Waals surface area contributed by atoms with E-state index in [4.69, 9.17) is 4.74 Å². The highest BCUT2D eigenvalue weighted by Gasteiger charge is 2.50. The molecule has 2 saturated carbocycles. The molecule has 3 aliphatic rings. The van der Waals surface area contributed by atoms with Gasteiger partial charge in [0, 0.05) is 17.9 Å². The number of alkyl carbamates (subject to hydrolysis) is 1. The fourth-order valence-electron chi connectivity index (χ4n) is 6.55. The number of hydrogen-bond acceptors (Lipinski definition) is 6. The number of aromatic nitrogens is 2. The van der Waals surface area contributed by atoms with E-state index >= 15 is 0 Å². The molecule has 4 N–H and O–H groups in total. The van der Waals surface area contributed by atoms with Gasteiger partial charge < -0.3 is 26.0 Å². The molecule has 0 saturated heterocycles. The quantitative estimate of drug-likeness (QED) is 0.268. The number of amides is 4. The predicted molar refractivity (Wildman–Crippen MR) is 166 cm³/mol. The van der Waals surface area contributed by atoms with Crippen LogP contribution in [-0.2, 0) is 26.3 Å². The summed E-state index contributed by atoms with van der Waals surface area (Å²) in [5.74, 6) is -1.13. The van der Waals surface area contributed by atoms with Crippen LogP contribution in [0.5, 0.6) is 0 Å². The summed E-state index contributed by atoms with van der Waals surface area (Å²) in [4.78, 5) is 53.5. The molecule has 2 aromatic rings. The SMILES string of the molecule is CC(C)n1nccc1C(=O)N[C@H](C(=O)Nc1ccc2c(c1)CCC2(NC(=O)OC(C)(C)C)C(=O)NCC(F)(F)F)C(C1CC1)C1CC1. The number of carbonyl (C=O) groups excluding carboxylic acids is 4. The Morgan fingerprint density at radius 1 is 1.04 bits per heavy atom. The molecule has 5 rings (SSSR count). The van der Waals surface area contributed by atoms with Crippen LogP contribution in [0.15, 0.2) is 30.5 Å². The Bertz CT molecular complexity index is 1510. The zero-order chi connectivity index (χ0) is 34.3. The Morgan fingerprint density at radius 3 is 2.28 bits per heavy atom. The average molecular weight is 661 g/mol. The molecule has 0 spiro atoms. The normalized spacial score (nSPS) is 20.0. The van der Waals surface area contributed by atoms with Crippen LogP contribution in [0.3, 0.4) is 0 Å². The van der Waals surface area contributed by atoms with E-state index in [-0.39, 0.29) is 36.6 Å². The number of anilines is 1. The first-order chi connectivity index (χ1) is 22.0. The summed E-state index contributed by atoms with van der Waals surface area (Å²) in [7, 11) is 0. The zero-order valence-corrected chi connectivity index (χ0v) is 27.3. The van der Waals surface area contributed by atoms with Gasteiger partial charge in [0.05, 0.1) is 0 Å². The topological polar surface area (TPSA) is 143 Å². The standard InChI is InChI=1S/C33H43F3N6O5/c1-18(2)42-24(13-15-38-42)27(43)40-26(25(19-6-7-19)20-8-9-20)28(44)39-22-10-11-23-21(16-22)12-14-32(23,29(45)37-17-33(34,35)36)41-30(46)47-31(3,4)5/h10-11,13,15-16,18-20,25-26H,6-9,12,14,17H2,1-5H3,(H,37,45)(H,39,44)(H,40,43)(H,41,46)/t26-,32?/m0/s1. The fraction of sp³-hybridized carbons (Fsp3) is 0.606. The summed E-state index contributed by atoms with van der Waals surface area (Å²) in [6.45, 7) is 7.15. The second kappa shape index (κ2) is 12.8. The summed E-state index contributed by atoms with van der Waals surface area (Å²) >= 11 is 0. The third kappa shape index (κ3) is 8.07. The molecule has 3 aliphatic carbocycles. The maximum absolute atomic E-state index is 13.9. The smallest absolute Gasteiger partial charge is 0.408 e. The number of nitrogens with zero attached hydrogens (tertiary/aromatic N) is 2. The Hall–Kier alpha value is -4.10. The van der Waals surface area contributed by atoms with Gasteiger partial charge in [-0.2, -0.15) is 18.3 Å². The van der Waals surface area contributed by atoms with Crippen molar-refractivity contribution in [2.24, 2.45) is 17.8 Å². The van der Waals surface area contributed by atoms with E-state index < -0.39 is 41.9 Å². The van der Waals surface area contributed by atoms with Crippen LogP contribution < -0.4 is 21.3 Å². The van der Waals surface area contributed by atoms with E-state index in [9.17, 15) is 32.3 Å². The van der Waals surface area contributed by atoms with Crippen molar-refractivity contribution in [3.63, 3.8) is 0 Å². The van der Waals surface area contributed by atoms with Crippen molar-refractivity contribution < 1.29 is 37.1 Å². The first kappa shape index (κ1) is 34.2. The molecule has 2 atom stereocenters. The van der Waals surface area contributed by atoms with Gasteiger partial charge in [0.2, 0.25) is 5.91 Å². The van der Waals surface area contributed by atoms with Crippen molar-refractivity contribution in [1.82, 2.24) is 25.7 Å². The van der Waals surface area contributed by atoms with Crippen LogP contribution >= 0.6 is 0 Å². The van der Waals surface area contributed by atoms with Gasteiger partial charge in [0.25, 0.3) is 11.8 Å². The minimum atomic E-state index is -4.66. The molecule has 2 fully saturated rings. The number of aryl methyl sites for hydroxylation is 1. The van der Waals surface area contributed by atoms with Gasteiger partial charge in [-0.25, -0.2) is 4.79 Å². The second-order valence-corrected chi connectivity index (χ2v) is 14.1. The first-order valence-corrected chi connectivity index (χ1v) is 16.1. The Balaban J connectivity index is 1.39. The lowest BCUT2D eigenvalue weighted by molar-refractivity contribution is -0.142. The van der Waals surface area contributed by atoms with E-state index in [0.717, 1.165) is 25.7 Å². The van der Waals surface area contributed by atoms with Crippen LogP contribution in [0, 0.1) is 17.8 Å². The van der Waals surface area contributed by atoms with Crippen molar-refractivity contribution in [2.75, 3.05) is 11.9 Å². The molecule has 256 valence electrons. The third-order valence-electron chi connectivity index (χ3n) is 8.83. The van der Waals surface area contributed by atoms with Gasteiger partial charge in [0.15, 0.2) is 0 Å². The van der Waals surface area contributed by atoms with E-state index in [1.165, 1.54) is 6.07 Å². The summed E-state index contributed by atoms with van der Waals surface area (Å²) in [6, 6.07) is 5.48. The lowest BCUT2D eigenvalue weighted by Crippen LogP contribution is -2.57. The number of nitrogens with one attached hydrogen (secondary N) is 4. The number of hydrogen-bond donors (Lipinski definition) is 4. The van der Waals surface area contributed by atoms with Gasteiger partial charge in [-0.15, -0.1) is 0 Å². The highest BCUT2D eigenvalue weighted by Crippen LogP contribution is 2.51. The monoisotopic (exact) mass is 660 g/mol. The van der Waals surface area contributed by atoms with Gasteiger partial charge in [-0.1, -0.05) is 6.07 Å². The van der Waals surface area contributed by atoms with Crippen molar-refractivity contribution in [3.8, 4) is 0 Å². The second-order valence-electron chi connectivity index (χ2n) is 14.1. The number of benzene rings is 1. The average Bonchev–Trinajstić information content (AvgIpc) is 3.90. The number of fused-ring (bicyclic) bond motifs is 1. The van der Waals surface area contributed by atoms with Gasteiger partial charge in [-0.05, 0) is 120 Å². The molecular weight excluding hydrogens is 617 g/mol. The Labute approximate surface area is 271 Å². The molecule has 0 radical (unpaired) electrons. The van der Waals surface area contributed by atoms with E-state index in [1.54, 1.807) is 49.8 Å². The molecule has 11 nitrogen and oxygen atoms in total. The maximum atomic E-state index is 13.9. The lowest BCUT2D eigenvalue weighted by atomic mass is 9.88. The molecule has 47 heavy (non-hydrogen) atoms. The minimum Gasteiger partial charge on any atom is -0.444 e. The molecule has 0 aliphatic heterocycles. The van der Waals surface area contributed by atoms with Crippen LogP contribution in [0.25, 0.3) is 0 Å². The highest BCUT2D eigenvalue weighted by molar-refractivity contribution is 6.01. The van der Waals surface area contributed by atoms with E-state index in [1.807, 2.05) is 19.2 Å². The molecule has 1 aromatic carbocycles. The summed E-state index contributed by atoms with van der Waals surface area (Å²) in [6.07, 6.45) is 0.135. The number of rotatable bonds is 11. The Kier molecular flexibility index (Phi) is 9.35. The largest absolute Gasteiger partial charge is 0.444 e. The number of alkyl halides is 3. The van der Waals surface area contributed by atoms with Crippen LogP contribution in [0.2, 0.25) is 0 Å². The highest BCUT2D eigenvalue weighted by atomic mass is 19.4. The summed E-state index contributed by atoms with van der Waals surface area (Å²) < 4.78 is 46.0. The molecular formula is C33H43F3N6O5. The minimum absolute atomic E-state index is 0.0175. The van der Waals surface area contributed by atoms with Crippen molar-refractivity contribution in [1.29, 1.82) is 0 Å². The molecule has 1 unspecified atom stereocenters. The predicted octanol–water partition coefficient (Wildman–Crippen LogP) is 4.98. The molecule has 4 amide bonds. The van der Waals surface area contributed by atoms with E-state index in [0.29, 0.717) is 34.3 Å². The number of halogens is 3. The first-order valence-electron chi connectivity index (χ1n) is 16.1. The van der Waals surface area contributed by atoms with Crippen molar-refractivity contribution >= 4 is 29.5 Å². The summed E-state index contributed by atoms with van der Waals surface area (Å²) in [5, 5.41) is 14.6. The number of ether oxygens (including phenoxy) is 1. The van der Waals surface area contributed by atoms with Crippen LogP contribution in [0.1, 0.15) is 94.4 Å². The fourth-order valence-corrected chi connectivity index (χ4v) is 6.55. The van der Waals surface area contributed by atoms with Crippen molar-refractivity contribution in [2.45, 2.75) is 103 Å². The van der Waals surface area contributed by atoms with Gasteiger partial charge in [-0.3, -0.25) is 19.1 Å². The Morgan fingerprint density at radius 2 is 1.70 bits per heavy atom. The van der Waals surface area contributed by atoms with Gasteiger partial charge in [0.1, 0.15) is 29.4 Å². The van der Waals surface area contributed by atoms with Gasteiger partial charge >= 0.3 is 12.3 Å². The molecule has 14 heteroatoms. The third-order valence-corrected chi connectivity index (χ3v) is 8.83. The van der Waals surface area contributed by atoms with Crippen molar-refractivity contribution in [3.05, 3.63) is 47.3 Å². The summed E-state index contributed by atoms with van der Waals surface area (Å²) in [5.41, 5.74) is -1.09. The lowest BCUT2D eigenvalue weighted by Gasteiger charge is -2.32. The van der Waals surface area contributed by atoms with Crippen LogP contribution in [0.4, 0.5) is 23.7 Å². The molecule has 1 aromatic heterocycles. The maximum Gasteiger partial charge on any atom is 0.408 e. The number of carbonyl (C=O) groups is 4. The van der Waals surface area contributed by atoms with E-state index in [2.05, 4.69) is 21.0 Å². The van der Waals surface area contributed by atoms with Crippen LogP contribution in [-0.4, -0.2) is 58.0 Å². The zero-order valence-electron chi connectivity index (χ0n) is 27.3. The molecule has 0 bridgehead atoms.